The lowest BCUT2D eigenvalue weighted by Gasteiger charge is -2.32. The fourth-order valence-electron chi connectivity index (χ4n) is 2.54. The molecule has 1 aliphatic heterocycles. The third-order valence-corrected chi connectivity index (χ3v) is 4.54. The number of pyridine rings is 1. The molecule has 0 spiro atoms. The molecular weight excluding hydrogens is 251 g/mol. The molecule has 2 aromatic heterocycles. The normalized spacial score (nSPS) is 20.8. The van der Waals surface area contributed by atoms with Crippen LogP contribution in [-0.4, -0.2) is 27.9 Å². The van der Waals surface area contributed by atoms with Gasteiger partial charge in [-0.25, -0.2) is 4.98 Å². The summed E-state index contributed by atoms with van der Waals surface area (Å²) in [6.07, 6.45) is 3.89. The first-order valence-electron chi connectivity index (χ1n) is 7.15. The van der Waals surface area contributed by atoms with Crippen molar-refractivity contribution in [2.75, 3.05) is 0 Å². The second kappa shape index (κ2) is 4.33. The smallest absolute Gasteiger partial charge is 0.399 e. The van der Waals surface area contributed by atoms with Gasteiger partial charge in [0.15, 0.2) is 0 Å². The Hall–Kier alpha value is -1.33. The molecule has 0 N–H and O–H groups in total. The highest BCUT2D eigenvalue weighted by molar-refractivity contribution is 6.65. The Morgan fingerprint density at radius 2 is 1.80 bits per heavy atom. The monoisotopic (exact) mass is 272 g/mol. The van der Waals surface area contributed by atoms with E-state index in [1.807, 2.05) is 12.3 Å². The van der Waals surface area contributed by atoms with Crippen LogP contribution in [0.4, 0.5) is 0 Å². The number of hydrogen-bond acceptors (Lipinski definition) is 3. The van der Waals surface area contributed by atoms with E-state index in [1.165, 1.54) is 0 Å². The third kappa shape index (κ3) is 1.88. The molecule has 0 aromatic carbocycles. The van der Waals surface area contributed by atoms with Gasteiger partial charge in [0, 0.05) is 24.3 Å². The first-order chi connectivity index (χ1) is 9.36. The largest absolute Gasteiger partial charge is 0.495 e. The van der Waals surface area contributed by atoms with Gasteiger partial charge in [-0.3, -0.25) is 0 Å². The van der Waals surface area contributed by atoms with Crippen molar-refractivity contribution in [2.45, 2.75) is 52.4 Å². The van der Waals surface area contributed by atoms with Crippen molar-refractivity contribution in [3.05, 3.63) is 24.5 Å². The predicted molar refractivity (Wildman–Crippen MR) is 81.1 cm³/mol. The standard InChI is InChI=1S/C15H21BN2O2/c1-6-18-10-8-11-12(7-9-17-13(11)18)16-19-14(2,3)15(4,5)20-16/h7-10H,6H2,1-5H3. The molecule has 3 heterocycles. The van der Waals surface area contributed by atoms with Crippen molar-refractivity contribution >= 4 is 23.6 Å². The van der Waals surface area contributed by atoms with Crippen LogP contribution in [-0.2, 0) is 15.9 Å². The van der Waals surface area contributed by atoms with Crippen LogP contribution in [0.15, 0.2) is 24.5 Å². The zero-order valence-electron chi connectivity index (χ0n) is 12.8. The summed E-state index contributed by atoms with van der Waals surface area (Å²) in [6.45, 7) is 11.3. The summed E-state index contributed by atoms with van der Waals surface area (Å²) in [5, 5.41) is 1.10. The molecule has 3 rings (SSSR count). The maximum absolute atomic E-state index is 6.14. The molecule has 20 heavy (non-hydrogen) atoms. The minimum Gasteiger partial charge on any atom is -0.399 e. The Bertz CT molecular complexity index is 632. The minimum absolute atomic E-state index is 0.319. The van der Waals surface area contributed by atoms with Crippen molar-refractivity contribution in [3.63, 3.8) is 0 Å². The lowest BCUT2D eigenvalue weighted by atomic mass is 9.78. The van der Waals surface area contributed by atoms with Crippen LogP contribution in [0.1, 0.15) is 34.6 Å². The summed E-state index contributed by atoms with van der Waals surface area (Å²) >= 11 is 0. The van der Waals surface area contributed by atoms with E-state index in [4.69, 9.17) is 9.31 Å². The van der Waals surface area contributed by atoms with Crippen LogP contribution in [0.5, 0.6) is 0 Å². The second-order valence-corrected chi connectivity index (χ2v) is 6.33. The molecule has 106 valence electrons. The number of aromatic nitrogens is 2. The van der Waals surface area contributed by atoms with Crippen molar-refractivity contribution in [3.8, 4) is 0 Å². The summed E-state index contributed by atoms with van der Waals surface area (Å²) in [5.74, 6) is 0. The van der Waals surface area contributed by atoms with Crippen molar-refractivity contribution in [2.24, 2.45) is 0 Å². The number of hydrogen-bond donors (Lipinski definition) is 0. The van der Waals surface area contributed by atoms with Gasteiger partial charge >= 0.3 is 7.12 Å². The molecule has 0 bridgehead atoms. The van der Waals surface area contributed by atoms with E-state index in [0.29, 0.717) is 0 Å². The molecule has 1 saturated heterocycles. The molecule has 0 amide bonds. The van der Waals surface area contributed by atoms with Gasteiger partial charge in [0.1, 0.15) is 5.65 Å². The highest BCUT2D eigenvalue weighted by Crippen LogP contribution is 2.36. The maximum atomic E-state index is 6.14. The Morgan fingerprint density at radius 1 is 1.15 bits per heavy atom. The fraction of sp³-hybridized carbons (Fsp3) is 0.533. The highest BCUT2D eigenvalue weighted by Gasteiger charge is 2.52. The topological polar surface area (TPSA) is 36.3 Å². The van der Waals surface area contributed by atoms with Crippen molar-refractivity contribution in [1.29, 1.82) is 0 Å². The minimum atomic E-state index is -0.335. The van der Waals surface area contributed by atoms with E-state index >= 15 is 0 Å². The Balaban J connectivity index is 2.06. The summed E-state index contributed by atoms with van der Waals surface area (Å²) < 4.78 is 14.4. The van der Waals surface area contributed by atoms with E-state index in [9.17, 15) is 0 Å². The Morgan fingerprint density at radius 3 is 2.40 bits per heavy atom. The molecular formula is C15H21BN2O2. The van der Waals surface area contributed by atoms with E-state index < -0.39 is 0 Å². The molecule has 0 atom stereocenters. The molecule has 0 aliphatic carbocycles. The highest BCUT2D eigenvalue weighted by atomic mass is 16.7. The van der Waals surface area contributed by atoms with Crippen molar-refractivity contribution < 1.29 is 9.31 Å². The maximum Gasteiger partial charge on any atom is 0.495 e. The Labute approximate surface area is 120 Å². The lowest BCUT2D eigenvalue weighted by Crippen LogP contribution is -2.41. The first kappa shape index (κ1) is 13.6. The summed E-state index contributed by atoms with van der Waals surface area (Å²) in [6, 6.07) is 4.08. The molecule has 2 aromatic rings. The average molecular weight is 272 g/mol. The lowest BCUT2D eigenvalue weighted by molar-refractivity contribution is 0.00578. The van der Waals surface area contributed by atoms with Crippen LogP contribution in [0.3, 0.4) is 0 Å². The van der Waals surface area contributed by atoms with Crippen LogP contribution in [0.2, 0.25) is 0 Å². The summed E-state index contributed by atoms with van der Waals surface area (Å²) in [4.78, 5) is 4.47. The van der Waals surface area contributed by atoms with E-state index in [2.05, 4.69) is 56.4 Å². The molecule has 0 unspecified atom stereocenters. The van der Waals surface area contributed by atoms with Crippen molar-refractivity contribution in [1.82, 2.24) is 9.55 Å². The van der Waals surface area contributed by atoms with E-state index in [-0.39, 0.29) is 18.3 Å². The van der Waals surface area contributed by atoms with Crippen LogP contribution in [0.25, 0.3) is 11.0 Å². The van der Waals surface area contributed by atoms with Crippen LogP contribution < -0.4 is 5.46 Å². The summed E-state index contributed by atoms with van der Waals surface area (Å²) in [7, 11) is -0.335. The van der Waals surface area contributed by atoms with Gasteiger partial charge in [-0.15, -0.1) is 0 Å². The van der Waals surface area contributed by atoms with Crippen LogP contribution >= 0.6 is 0 Å². The second-order valence-electron chi connectivity index (χ2n) is 6.33. The number of nitrogens with zero attached hydrogens (tertiary/aromatic N) is 2. The fourth-order valence-corrected chi connectivity index (χ4v) is 2.54. The first-order valence-corrected chi connectivity index (χ1v) is 7.15. The SMILES string of the molecule is CCn1ccc2c(B3OC(C)(C)C(C)(C)O3)ccnc21. The molecule has 0 radical (unpaired) electrons. The summed E-state index contributed by atoms with van der Waals surface area (Å²) in [5.41, 5.74) is 1.40. The number of aryl methyl sites for hydroxylation is 1. The van der Waals surface area contributed by atoms with Gasteiger partial charge in [0.2, 0.25) is 0 Å². The molecule has 4 nitrogen and oxygen atoms in total. The van der Waals surface area contributed by atoms with Gasteiger partial charge in [-0.1, -0.05) is 0 Å². The molecule has 1 aliphatic rings. The van der Waals surface area contributed by atoms with Crippen LogP contribution in [0, 0.1) is 0 Å². The predicted octanol–water partition coefficient (Wildman–Crippen LogP) is 2.36. The number of rotatable bonds is 2. The van der Waals surface area contributed by atoms with Gasteiger partial charge in [0.05, 0.1) is 11.2 Å². The molecule has 1 fully saturated rings. The molecule has 0 saturated carbocycles. The Kier molecular flexibility index (Phi) is 2.96. The van der Waals surface area contributed by atoms with Gasteiger partial charge in [-0.05, 0) is 52.2 Å². The number of fused-ring (bicyclic) bond motifs is 1. The third-order valence-electron chi connectivity index (χ3n) is 4.54. The van der Waals surface area contributed by atoms with Gasteiger partial charge < -0.3 is 13.9 Å². The zero-order chi connectivity index (χ0) is 14.5. The molecule has 5 heteroatoms. The van der Waals surface area contributed by atoms with Gasteiger partial charge in [0.25, 0.3) is 0 Å². The van der Waals surface area contributed by atoms with Gasteiger partial charge in [-0.2, -0.15) is 0 Å². The van der Waals surface area contributed by atoms with E-state index in [0.717, 1.165) is 23.0 Å². The zero-order valence-corrected chi connectivity index (χ0v) is 12.8. The average Bonchev–Trinajstić information content (AvgIpc) is 2.88. The van der Waals surface area contributed by atoms with E-state index in [1.54, 1.807) is 0 Å². The quantitative estimate of drug-likeness (QED) is 0.787.